The average Bonchev–Trinajstić information content (AvgIpc) is 2.85. The molecule has 5 heteroatoms. The SMILES string of the molecule is CC(C)Cc1nc(CN2CCCc3cc(Cl)ccc32)no1. The van der Waals surface area contributed by atoms with Gasteiger partial charge in [0.2, 0.25) is 5.89 Å². The Morgan fingerprint density at radius 1 is 1.38 bits per heavy atom. The van der Waals surface area contributed by atoms with Crippen molar-refractivity contribution in [3.63, 3.8) is 0 Å². The van der Waals surface area contributed by atoms with E-state index < -0.39 is 0 Å². The highest BCUT2D eigenvalue weighted by Gasteiger charge is 2.19. The minimum absolute atomic E-state index is 0.524. The van der Waals surface area contributed by atoms with Crippen LogP contribution in [0.25, 0.3) is 0 Å². The standard InChI is InChI=1S/C16H20ClN3O/c1-11(2)8-16-18-15(19-21-16)10-20-7-3-4-12-9-13(17)5-6-14(12)20/h5-6,9,11H,3-4,7-8,10H2,1-2H3. The normalized spacial score (nSPS) is 14.6. The van der Waals surface area contributed by atoms with E-state index in [2.05, 4.69) is 41.0 Å². The summed E-state index contributed by atoms with van der Waals surface area (Å²) in [5.74, 6) is 2.01. The molecule has 3 rings (SSSR count). The van der Waals surface area contributed by atoms with Crippen molar-refractivity contribution in [3.05, 3.63) is 40.5 Å². The fraction of sp³-hybridized carbons (Fsp3) is 0.500. The van der Waals surface area contributed by atoms with Gasteiger partial charge in [-0.15, -0.1) is 0 Å². The van der Waals surface area contributed by atoms with Crippen LogP contribution < -0.4 is 4.90 Å². The van der Waals surface area contributed by atoms with E-state index in [9.17, 15) is 0 Å². The number of hydrogen-bond donors (Lipinski definition) is 0. The maximum atomic E-state index is 6.08. The number of hydrogen-bond acceptors (Lipinski definition) is 4. The molecule has 0 saturated carbocycles. The lowest BCUT2D eigenvalue weighted by molar-refractivity contribution is 0.358. The number of halogens is 1. The molecule has 0 bridgehead atoms. The van der Waals surface area contributed by atoms with Crippen molar-refractivity contribution in [2.24, 2.45) is 5.92 Å². The van der Waals surface area contributed by atoms with Crippen LogP contribution in [0.15, 0.2) is 22.7 Å². The molecule has 0 aliphatic carbocycles. The molecule has 0 radical (unpaired) electrons. The van der Waals surface area contributed by atoms with Gasteiger partial charge in [-0.05, 0) is 42.5 Å². The smallest absolute Gasteiger partial charge is 0.226 e. The molecule has 0 amide bonds. The summed E-state index contributed by atoms with van der Waals surface area (Å²) < 4.78 is 5.32. The van der Waals surface area contributed by atoms with E-state index in [4.69, 9.17) is 16.1 Å². The predicted octanol–water partition coefficient (Wildman–Crippen LogP) is 3.87. The molecule has 0 unspecified atom stereocenters. The average molecular weight is 306 g/mol. The highest BCUT2D eigenvalue weighted by molar-refractivity contribution is 6.30. The zero-order chi connectivity index (χ0) is 14.8. The number of aryl methyl sites for hydroxylation is 1. The molecule has 1 aliphatic heterocycles. The van der Waals surface area contributed by atoms with Crippen LogP contribution in [-0.4, -0.2) is 16.7 Å². The quantitative estimate of drug-likeness (QED) is 0.860. The number of aromatic nitrogens is 2. The Balaban J connectivity index is 1.76. The Morgan fingerprint density at radius 3 is 3.05 bits per heavy atom. The van der Waals surface area contributed by atoms with Crippen LogP contribution in [0, 0.1) is 5.92 Å². The third kappa shape index (κ3) is 3.38. The molecule has 1 aromatic carbocycles. The first-order valence-electron chi connectivity index (χ1n) is 7.46. The number of fused-ring (bicyclic) bond motifs is 1. The zero-order valence-electron chi connectivity index (χ0n) is 12.5. The lowest BCUT2D eigenvalue weighted by Gasteiger charge is -2.30. The van der Waals surface area contributed by atoms with Gasteiger partial charge in [-0.1, -0.05) is 30.6 Å². The van der Waals surface area contributed by atoms with Gasteiger partial charge in [-0.25, -0.2) is 0 Å². The molecule has 4 nitrogen and oxygen atoms in total. The summed E-state index contributed by atoms with van der Waals surface area (Å²) in [4.78, 5) is 6.79. The second-order valence-electron chi connectivity index (χ2n) is 6.00. The van der Waals surface area contributed by atoms with Crippen LogP contribution in [-0.2, 0) is 19.4 Å². The minimum atomic E-state index is 0.524. The van der Waals surface area contributed by atoms with Gasteiger partial charge in [0.1, 0.15) is 0 Å². The highest BCUT2D eigenvalue weighted by Crippen LogP contribution is 2.30. The molecule has 0 saturated heterocycles. The van der Waals surface area contributed by atoms with E-state index >= 15 is 0 Å². The Labute approximate surface area is 130 Å². The predicted molar refractivity (Wildman–Crippen MR) is 83.7 cm³/mol. The molecular formula is C16H20ClN3O. The summed E-state index contributed by atoms with van der Waals surface area (Å²) >= 11 is 6.08. The summed E-state index contributed by atoms with van der Waals surface area (Å²) in [5, 5.41) is 4.90. The molecule has 1 aromatic heterocycles. The number of benzene rings is 1. The van der Waals surface area contributed by atoms with E-state index in [0.29, 0.717) is 12.5 Å². The maximum absolute atomic E-state index is 6.08. The second-order valence-corrected chi connectivity index (χ2v) is 6.44. The fourth-order valence-electron chi connectivity index (χ4n) is 2.77. The summed E-state index contributed by atoms with van der Waals surface area (Å²) in [6.07, 6.45) is 3.04. The van der Waals surface area contributed by atoms with Gasteiger partial charge in [0, 0.05) is 23.7 Å². The molecule has 0 atom stereocenters. The summed E-state index contributed by atoms with van der Waals surface area (Å²) in [7, 11) is 0. The molecule has 21 heavy (non-hydrogen) atoms. The fourth-order valence-corrected chi connectivity index (χ4v) is 2.96. The monoisotopic (exact) mass is 305 g/mol. The van der Waals surface area contributed by atoms with Crippen molar-refractivity contribution < 1.29 is 4.52 Å². The summed E-state index contributed by atoms with van der Waals surface area (Å²) in [6.45, 7) is 6.00. The first kappa shape index (κ1) is 14.4. The highest BCUT2D eigenvalue weighted by atomic mass is 35.5. The van der Waals surface area contributed by atoms with Gasteiger partial charge in [-0.3, -0.25) is 0 Å². The van der Waals surface area contributed by atoms with Gasteiger partial charge in [-0.2, -0.15) is 4.98 Å². The second kappa shape index (κ2) is 6.06. The van der Waals surface area contributed by atoms with E-state index in [1.165, 1.54) is 11.3 Å². The topological polar surface area (TPSA) is 42.2 Å². The number of nitrogens with zero attached hydrogens (tertiary/aromatic N) is 3. The van der Waals surface area contributed by atoms with Crippen LogP contribution in [0.5, 0.6) is 0 Å². The summed E-state index contributed by atoms with van der Waals surface area (Å²) in [5.41, 5.74) is 2.54. The van der Waals surface area contributed by atoms with Gasteiger partial charge in [0.15, 0.2) is 5.82 Å². The molecule has 0 N–H and O–H groups in total. The van der Waals surface area contributed by atoms with Crippen molar-refractivity contribution in [2.75, 3.05) is 11.4 Å². The third-order valence-electron chi connectivity index (χ3n) is 3.68. The maximum Gasteiger partial charge on any atom is 0.226 e. The van der Waals surface area contributed by atoms with Crippen molar-refractivity contribution in [1.82, 2.24) is 10.1 Å². The molecule has 2 heterocycles. The Morgan fingerprint density at radius 2 is 2.24 bits per heavy atom. The number of anilines is 1. The summed E-state index contributed by atoms with van der Waals surface area (Å²) in [6, 6.07) is 6.09. The lowest BCUT2D eigenvalue weighted by atomic mass is 10.0. The molecule has 0 fully saturated rings. The van der Waals surface area contributed by atoms with Crippen LogP contribution >= 0.6 is 11.6 Å². The molecule has 112 valence electrons. The third-order valence-corrected chi connectivity index (χ3v) is 3.92. The van der Waals surface area contributed by atoms with E-state index in [1.54, 1.807) is 0 Å². The van der Waals surface area contributed by atoms with Gasteiger partial charge < -0.3 is 9.42 Å². The Hall–Kier alpha value is -1.55. The van der Waals surface area contributed by atoms with Crippen molar-refractivity contribution in [2.45, 2.75) is 39.7 Å². The first-order valence-corrected chi connectivity index (χ1v) is 7.84. The zero-order valence-corrected chi connectivity index (χ0v) is 13.2. The van der Waals surface area contributed by atoms with Gasteiger partial charge in [0.25, 0.3) is 0 Å². The van der Waals surface area contributed by atoms with Crippen molar-refractivity contribution in [1.29, 1.82) is 0 Å². The van der Waals surface area contributed by atoms with Crippen molar-refractivity contribution in [3.8, 4) is 0 Å². The first-order chi connectivity index (χ1) is 10.1. The van der Waals surface area contributed by atoms with E-state index in [-0.39, 0.29) is 0 Å². The van der Waals surface area contributed by atoms with Crippen molar-refractivity contribution >= 4 is 17.3 Å². The van der Waals surface area contributed by atoms with Crippen LogP contribution in [0.3, 0.4) is 0 Å². The van der Waals surface area contributed by atoms with Crippen LogP contribution in [0.4, 0.5) is 5.69 Å². The van der Waals surface area contributed by atoms with E-state index in [1.807, 2.05) is 6.07 Å². The van der Waals surface area contributed by atoms with Gasteiger partial charge in [0.05, 0.1) is 6.54 Å². The lowest BCUT2D eigenvalue weighted by Crippen LogP contribution is -2.29. The molecule has 2 aromatic rings. The Kier molecular flexibility index (Phi) is 4.15. The van der Waals surface area contributed by atoms with E-state index in [0.717, 1.165) is 42.5 Å². The van der Waals surface area contributed by atoms with Crippen LogP contribution in [0.2, 0.25) is 5.02 Å². The minimum Gasteiger partial charge on any atom is -0.364 e. The molecule has 1 aliphatic rings. The molecular weight excluding hydrogens is 286 g/mol. The van der Waals surface area contributed by atoms with Crippen LogP contribution in [0.1, 0.15) is 37.5 Å². The molecule has 0 spiro atoms. The van der Waals surface area contributed by atoms with Gasteiger partial charge >= 0.3 is 0 Å². The largest absolute Gasteiger partial charge is 0.364 e. The number of rotatable bonds is 4. The Bertz CT molecular complexity index is 624.